The first-order chi connectivity index (χ1) is 7.72. The van der Waals surface area contributed by atoms with Crippen LogP contribution in [0, 0.1) is 0 Å². The van der Waals surface area contributed by atoms with Gasteiger partial charge in [-0.2, -0.15) is 0 Å². The summed E-state index contributed by atoms with van der Waals surface area (Å²) in [6.07, 6.45) is 0.624. The average molecular weight is 240 g/mol. The summed E-state index contributed by atoms with van der Waals surface area (Å²) in [6.45, 7) is 2.77. The van der Waals surface area contributed by atoms with Crippen molar-refractivity contribution in [2.24, 2.45) is 0 Å². The molecule has 0 radical (unpaired) electrons. The molecule has 1 aromatic rings. The molecule has 2 rings (SSSR count). The third kappa shape index (κ3) is 2.20. The Morgan fingerprint density at radius 2 is 2.19 bits per heavy atom. The fourth-order valence-corrected chi connectivity index (χ4v) is 2.20. The summed E-state index contributed by atoms with van der Waals surface area (Å²) in [5, 5.41) is 0. The van der Waals surface area contributed by atoms with Crippen molar-refractivity contribution >= 4 is 17.7 Å². The molecule has 0 amide bonds. The monoisotopic (exact) mass is 239 g/mol. The van der Waals surface area contributed by atoms with Crippen LogP contribution in [0.3, 0.4) is 0 Å². The number of hydrogen-bond acceptors (Lipinski definition) is 3. The smallest absolute Gasteiger partial charge is 0.325 e. The molecule has 0 N–H and O–H groups in total. The van der Waals surface area contributed by atoms with E-state index in [1.54, 1.807) is 6.92 Å². The van der Waals surface area contributed by atoms with Crippen LogP contribution >= 0.6 is 11.8 Å². The Hall–Kier alpha value is -1.06. The Morgan fingerprint density at radius 3 is 2.88 bits per heavy atom. The number of esters is 1. The fraction of sp³-hybridized carbons (Fsp3) is 0.417. The molecular weight excluding hydrogens is 226 g/mol. The SMILES string of the molecule is CCOC(=O)[C@@H]1Cc2ccccc2CN1Cl. The quantitative estimate of drug-likeness (QED) is 0.585. The van der Waals surface area contributed by atoms with Gasteiger partial charge in [0.1, 0.15) is 6.04 Å². The molecule has 16 heavy (non-hydrogen) atoms. The van der Waals surface area contributed by atoms with E-state index in [4.69, 9.17) is 16.5 Å². The number of carbonyl (C=O) groups excluding carboxylic acids is 1. The number of benzene rings is 1. The molecule has 3 nitrogen and oxygen atoms in total. The average Bonchev–Trinajstić information content (AvgIpc) is 2.28. The van der Waals surface area contributed by atoms with Gasteiger partial charge in [0.25, 0.3) is 0 Å². The Bertz CT molecular complexity index is 394. The Kier molecular flexibility index (Phi) is 3.46. The van der Waals surface area contributed by atoms with Crippen LogP contribution in [-0.2, 0) is 22.5 Å². The van der Waals surface area contributed by atoms with Crippen molar-refractivity contribution in [3.05, 3.63) is 35.4 Å². The van der Waals surface area contributed by atoms with Gasteiger partial charge in [0.05, 0.1) is 6.61 Å². The van der Waals surface area contributed by atoms with Gasteiger partial charge >= 0.3 is 5.97 Å². The Labute approximate surface area is 100 Å². The molecule has 0 aromatic heterocycles. The third-order valence-electron chi connectivity index (χ3n) is 2.75. The van der Waals surface area contributed by atoms with Gasteiger partial charge in [0, 0.05) is 13.0 Å². The minimum absolute atomic E-state index is 0.244. The lowest BCUT2D eigenvalue weighted by atomic mass is 9.96. The molecule has 86 valence electrons. The molecule has 1 aliphatic rings. The van der Waals surface area contributed by atoms with Crippen LogP contribution in [0.4, 0.5) is 0 Å². The second kappa shape index (κ2) is 4.85. The predicted octanol–water partition coefficient (Wildman–Crippen LogP) is 2.13. The van der Waals surface area contributed by atoms with Crippen LogP contribution in [-0.4, -0.2) is 23.0 Å². The molecule has 0 fully saturated rings. The lowest BCUT2D eigenvalue weighted by Crippen LogP contribution is -2.41. The first-order valence-corrected chi connectivity index (χ1v) is 5.72. The molecule has 0 saturated heterocycles. The van der Waals surface area contributed by atoms with Gasteiger partial charge in [-0.05, 0) is 29.8 Å². The van der Waals surface area contributed by atoms with Crippen LogP contribution in [0.15, 0.2) is 24.3 Å². The molecule has 0 spiro atoms. The van der Waals surface area contributed by atoms with Gasteiger partial charge in [0.15, 0.2) is 0 Å². The van der Waals surface area contributed by atoms with Crippen molar-refractivity contribution < 1.29 is 9.53 Å². The van der Waals surface area contributed by atoms with Gasteiger partial charge in [-0.1, -0.05) is 24.3 Å². The molecule has 1 atom stereocenters. The number of fused-ring (bicyclic) bond motifs is 1. The molecular formula is C12H14ClNO2. The van der Waals surface area contributed by atoms with Crippen molar-refractivity contribution in [3.63, 3.8) is 0 Å². The lowest BCUT2D eigenvalue weighted by Gasteiger charge is -2.29. The lowest BCUT2D eigenvalue weighted by molar-refractivity contribution is -0.148. The summed E-state index contributed by atoms with van der Waals surface area (Å²) in [6, 6.07) is 7.66. The number of hydrogen-bond donors (Lipinski definition) is 0. The molecule has 1 heterocycles. The predicted molar refractivity (Wildman–Crippen MR) is 62.0 cm³/mol. The number of rotatable bonds is 2. The molecule has 0 saturated carbocycles. The molecule has 0 bridgehead atoms. The topological polar surface area (TPSA) is 29.5 Å². The zero-order valence-electron chi connectivity index (χ0n) is 9.15. The summed E-state index contributed by atoms with van der Waals surface area (Å²) in [4.78, 5) is 11.7. The molecule has 0 unspecified atom stereocenters. The number of carbonyl (C=O) groups is 1. The normalized spacial score (nSPS) is 20.2. The maximum atomic E-state index is 11.7. The summed E-state index contributed by atoms with van der Waals surface area (Å²) in [5.41, 5.74) is 2.36. The highest BCUT2D eigenvalue weighted by Gasteiger charge is 2.31. The van der Waals surface area contributed by atoms with Crippen LogP contribution in [0.5, 0.6) is 0 Å². The molecule has 1 aliphatic heterocycles. The Balaban J connectivity index is 2.18. The highest BCUT2D eigenvalue weighted by Crippen LogP contribution is 2.25. The van der Waals surface area contributed by atoms with E-state index >= 15 is 0 Å². The third-order valence-corrected chi connectivity index (χ3v) is 3.11. The highest BCUT2D eigenvalue weighted by molar-refractivity contribution is 6.14. The molecule has 1 aromatic carbocycles. The van der Waals surface area contributed by atoms with Crippen molar-refractivity contribution in [2.75, 3.05) is 6.61 Å². The van der Waals surface area contributed by atoms with E-state index < -0.39 is 0 Å². The van der Waals surface area contributed by atoms with Crippen LogP contribution in [0.25, 0.3) is 0 Å². The van der Waals surface area contributed by atoms with Crippen molar-refractivity contribution in [2.45, 2.75) is 25.9 Å². The summed E-state index contributed by atoms with van der Waals surface area (Å²) in [7, 11) is 0. The van der Waals surface area contributed by atoms with E-state index in [0.29, 0.717) is 19.6 Å². The fourth-order valence-electron chi connectivity index (χ4n) is 1.93. The maximum absolute atomic E-state index is 11.7. The van der Waals surface area contributed by atoms with Crippen LogP contribution < -0.4 is 0 Å². The standard InChI is InChI=1S/C12H14ClNO2/c1-2-16-12(15)11-7-9-5-3-4-6-10(9)8-14(11)13/h3-6,11H,2,7-8H2,1H3/t11-/m0/s1. The minimum Gasteiger partial charge on any atom is -0.465 e. The van der Waals surface area contributed by atoms with E-state index in [0.717, 1.165) is 0 Å². The zero-order chi connectivity index (χ0) is 11.5. The summed E-state index contributed by atoms with van der Waals surface area (Å²) >= 11 is 6.07. The van der Waals surface area contributed by atoms with E-state index in [2.05, 4.69) is 0 Å². The van der Waals surface area contributed by atoms with Gasteiger partial charge < -0.3 is 4.74 Å². The molecule has 0 aliphatic carbocycles. The number of halogens is 1. The van der Waals surface area contributed by atoms with E-state index in [9.17, 15) is 4.79 Å². The first-order valence-electron chi connectivity index (χ1n) is 5.38. The minimum atomic E-state index is -0.364. The van der Waals surface area contributed by atoms with Crippen molar-refractivity contribution in [1.29, 1.82) is 0 Å². The molecule has 4 heteroatoms. The van der Waals surface area contributed by atoms with Crippen molar-refractivity contribution in [1.82, 2.24) is 4.42 Å². The second-order valence-electron chi connectivity index (χ2n) is 3.80. The van der Waals surface area contributed by atoms with E-state index in [1.807, 2.05) is 24.3 Å². The van der Waals surface area contributed by atoms with Crippen molar-refractivity contribution in [3.8, 4) is 0 Å². The number of nitrogens with zero attached hydrogens (tertiary/aromatic N) is 1. The van der Waals surface area contributed by atoms with E-state index in [1.165, 1.54) is 15.5 Å². The van der Waals surface area contributed by atoms with Crippen LogP contribution in [0.1, 0.15) is 18.1 Å². The second-order valence-corrected chi connectivity index (χ2v) is 4.23. The van der Waals surface area contributed by atoms with E-state index in [-0.39, 0.29) is 12.0 Å². The van der Waals surface area contributed by atoms with Gasteiger partial charge in [-0.25, -0.2) is 4.42 Å². The van der Waals surface area contributed by atoms with Crippen LogP contribution in [0.2, 0.25) is 0 Å². The Morgan fingerprint density at radius 1 is 1.50 bits per heavy atom. The summed E-state index contributed by atoms with van der Waals surface area (Å²) in [5.74, 6) is -0.244. The highest BCUT2D eigenvalue weighted by atomic mass is 35.5. The maximum Gasteiger partial charge on any atom is 0.325 e. The van der Waals surface area contributed by atoms with Gasteiger partial charge in [-0.15, -0.1) is 0 Å². The largest absolute Gasteiger partial charge is 0.465 e. The van der Waals surface area contributed by atoms with Gasteiger partial charge in [0.2, 0.25) is 0 Å². The number of ether oxygens (including phenoxy) is 1. The first kappa shape index (κ1) is 11.4. The summed E-state index contributed by atoms with van der Waals surface area (Å²) < 4.78 is 6.53. The van der Waals surface area contributed by atoms with Gasteiger partial charge in [-0.3, -0.25) is 4.79 Å². The zero-order valence-corrected chi connectivity index (χ0v) is 9.91.